The fraction of sp³-hybridized carbons (Fsp3) is 0.0667. The average molecular weight is 243 g/mol. The molecule has 0 aromatic heterocycles. The standard InChI is InChI=1S/C15H11F2N/c16-13-5-3-10-1-2-11-4-6-14(17)8-15(11)18-9-12(10)7-13/h1-8,18H,9H2/b2-1-. The summed E-state index contributed by atoms with van der Waals surface area (Å²) in [6.45, 7) is 0.480. The number of fused-ring (bicyclic) bond motifs is 2. The number of nitrogens with one attached hydrogen (secondary N) is 1. The highest BCUT2D eigenvalue weighted by atomic mass is 19.1. The molecule has 1 aliphatic rings. The summed E-state index contributed by atoms with van der Waals surface area (Å²) in [7, 11) is 0. The molecule has 0 aliphatic carbocycles. The Labute approximate surface area is 104 Å². The molecule has 0 saturated heterocycles. The molecule has 1 nitrogen and oxygen atoms in total. The predicted octanol–water partition coefficient (Wildman–Crippen LogP) is 4.06. The molecule has 3 rings (SSSR count). The Bertz CT molecular complexity index is 577. The van der Waals surface area contributed by atoms with Gasteiger partial charge in [-0.2, -0.15) is 0 Å². The fourth-order valence-electron chi connectivity index (χ4n) is 2.09. The van der Waals surface area contributed by atoms with Crippen molar-refractivity contribution in [3.05, 3.63) is 64.7 Å². The number of hydrogen-bond acceptors (Lipinski definition) is 1. The predicted molar refractivity (Wildman–Crippen MR) is 69.1 cm³/mol. The van der Waals surface area contributed by atoms with Gasteiger partial charge in [0.05, 0.1) is 0 Å². The lowest BCUT2D eigenvalue weighted by molar-refractivity contribution is 0.625. The lowest BCUT2D eigenvalue weighted by atomic mass is 10.0. The Kier molecular flexibility index (Phi) is 2.59. The minimum Gasteiger partial charge on any atom is -0.380 e. The molecular weight excluding hydrogens is 232 g/mol. The summed E-state index contributed by atoms with van der Waals surface area (Å²) in [6.07, 6.45) is 3.82. The second kappa shape index (κ2) is 4.26. The molecule has 0 bridgehead atoms. The Morgan fingerprint density at radius 1 is 0.833 bits per heavy atom. The molecule has 1 N–H and O–H groups in total. The van der Waals surface area contributed by atoms with Gasteiger partial charge in [0.1, 0.15) is 11.6 Å². The number of hydrogen-bond donors (Lipinski definition) is 1. The normalized spacial score (nSPS) is 14.8. The van der Waals surface area contributed by atoms with Crippen LogP contribution >= 0.6 is 0 Å². The minimum atomic E-state index is -0.283. The van der Waals surface area contributed by atoms with E-state index in [1.54, 1.807) is 12.1 Å². The molecule has 0 fully saturated rings. The second-order valence-corrected chi connectivity index (χ2v) is 4.26. The van der Waals surface area contributed by atoms with Crippen LogP contribution in [0.5, 0.6) is 0 Å². The molecule has 1 aliphatic heterocycles. The molecule has 18 heavy (non-hydrogen) atoms. The van der Waals surface area contributed by atoms with Gasteiger partial charge in [-0.25, -0.2) is 8.78 Å². The molecular formula is C15H11F2N. The van der Waals surface area contributed by atoms with E-state index in [0.717, 1.165) is 22.4 Å². The summed E-state index contributed by atoms with van der Waals surface area (Å²) in [5, 5.41) is 3.13. The Balaban J connectivity index is 2.08. The third-order valence-electron chi connectivity index (χ3n) is 3.03. The zero-order valence-electron chi connectivity index (χ0n) is 9.58. The molecule has 0 amide bonds. The molecule has 0 saturated carbocycles. The van der Waals surface area contributed by atoms with Gasteiger partial charge in [0, 0.05) is 12.2 Å². The third-order valence-corrected chi connectivity index (χ3v) is 3.03. The summed E-state index contributed by atoms with van der Waals surface area (Å²) in [6, 6.07) is 9.29. The van der Waals surface area contributed by atoms with Gasteiger partial charge in [-0.3, -0.25) is 0 Å². The van der Waals surface area contributed by atoms with Crippen molar-refractivity contribution in [2.24, 2.45) is 0 Å². The molecule has 2 aromatic carbocycles. The number of anilines is 1. The van der Waals surface area contributed by atoms with Crippen molar-refractivity contribution in [3.63, 3.8) is 0 Å². The van der Waals surface area contributed by atoms with Gasteiger partial charge in [0.2, 0.25) is 0 Å². The number of halogens is 2. The first-order valence-corrected chi connectivity index (χ1v) is 5.72. The van der Waals surface area contributed by atoms with Crippen molar-refractivity contribution in [3.8, 4) is 0 Å². The largest absolute Gasteiger partial charge is 0.380 e. The van der Waals surface area contributed by atoms with Crippen molar-refractivity contribution in [2.45, 2.75) is 6.54 Å². The lowest BCUT2D eigenvalue weighted by Gasteiger charge is -2.15. The van der Waals surface area contributed by atoms with Gasteiger partial charge >= 0.3 is 0 Å². The molecule has 0 atom stereocenters. The summed E-state index contributed by atoms with van der Waals surface area (Å²) in [5.41, 5.74) is 3.48. The van der Waals surface area contributed by atoms with Crippen LogP contribution in [0.15, 0.2) is 36.4 Å². The molecule has 90 valence electrons. The molecule has 0 spiro atoms. The minimum absolute atomic E-state index is 0.260. The van der Waals surface area contributed by atoms with Crippen molar-refractivity contribution < 1.29 is 8.78 Å². The SMILES string of the molecule is Fc1ccc2c(c1)CNc1cc(F)ccc1/C=C\2. The van der Waals surface area contributed by atoms with E-state index >= 15 is 0 Å². The Morgan fingerprint density at radius 2 is 1.50 bits per heavy atom. The monoisotopic (exact) mass is 243 g/mol. The van der Waals surface area contributed by atoms with Crippen LogP contribution in [0.4, 0.5) is 14.5 Å². The molecule has 1 heterocycles. The quantitative estimate of drug-likeness (QED) is 0.735. The van der Waals surface area contributed by atoms with E-state index in [-0.39, 0.29) is 11.6 Å². The highest BCUT2D eigenvalue weighted by Gasteiger charge is 2.08. The molecule has 0 unspecified atom stereocenters. The van der Waals surface area contributed by atoms with Crippen LogP contribution in [0.1, 0.15) is 16.7 Å². The highest BCUT2D eigenvalue weighted by Crippen LogP contribution is 2.25. The molecule has 0 radical (unpaired) electrons. The first kappa shape index (κ1) is 11.0. The molecule has 3 heteroatoms. The maximum absolute atomic E-state index is 13.2. The van der Waals surface area contributed by atoms with Crippen LogP contribution in [0.3, 0.4) is 0 Å². The summed E-state index contributed by atoms with van der Waals surface area (Å²) < 4.78 is 26.3. The van der Waals surface area contributed by atoms with E-state index in [4.69, 9.17) is 0 Å². The highest BCUT2D eigenvalue weighted by molar-refractivity contribution is 5.79. The fourth-order valence-corrected chi connectivity index (χ4v) is 2.09. The van der Waals surface area contributed by atoms with Crippen molar-refractivity contribution in [2.75, 3.05) is 5.32 Å². The van der Waals surface area contributed by atoms with Gasteiger partial charge in [-0.1, -0.05) is 24.3 Å². The summed E-state index contributed by atoms with van der Waals surface area (Å²) in [4.78, 5) is 0. The van der Waals surface area contributed by atoms with Crippen molar-refractivity contribution in [1.29, 1.82) is 0 Å². The van der Waals surface area contributed by atoms with Crippen LogP contribution in [0.2, 0.25) is 0 Å². The van der Waals surface area contributed by atoms with Crippen molar-refractivity contribution in [1.82, 2.24) is 0 Å². The van der Waals surface area contributed by atoms with Crippen molar-refractivity contribution >= 4 is 17.8 Å². The van der Waals surface area contributed by atoms with E-state index in [9.17, 15) is 8.78 Å². The van der Waals surface area contributed by atoms with E-state index in [1.807, 2.05) is 12.2 Å². The van der Waals surface area contributed by atoms with Gasteiger partial charge in [0.15, 0.2) is 0 Å². The van der Waals surface area contributed by atoms with Crippen LogP contribution in [-0.4, -0.2) is 0 Å². The average Bonchev–Trinajstić information content (AvgIpc) is 2.34. The zero-order valence-corrected chi connectivity index (χ0v) is 9.58. The van der Waals surface area contributed by atoms with Gasteiger partial charge < -0.3 is 5.32 Å². The van der Waals surface area contributed by atoms with Crippen LogP contribution in [-0.2, 0) is 6.54 Å². The van der Waals surface area contributed by atoms with E-state index < -0.39 is 0 Å². The van der Waals surface area contributed by atoms with Gasteiger partial charge in [-0.15, -0.1) is 0 Å². The zero-order chi connectivity index (χ0) is 12.5. The summed E-state index contributed by atoms with van der Waals surface area (Å²) >= 11 is 0. The van der Waals surface area contributed by atoms with Gasteiger partial charge in [-0.05, 0) is 41.0 Å². The second-order valence-electron chi connectivity index (χ2n) is 4.26. The topological polar surface area (TPSA) is 12.0 Å². The first-order chi connectivity index (χ1) is 8.72. The number of benzene rings is 2. The number of rotatable bonds is 0. The molecule has 2 aromatic rings. The third kappa shape index (κ3) is 1.99. The van der Waals surface area contributed by atoms with Crippen LogP contribution in [0.25, 0.3) is 12.2 Å². The first-order valence-electron chi connectivity index (χ1n) is 5.72. The maximum atomic E-state index is 13.2. The summed E-state index contributed by atoms with van der Waals surface area (Å²) in [5.74, 6) is -0.543. The lowest BCUT2D eigenvalue weighted by Crippen LogP contribution is -2.05. The van der Waals surface area contributed by atoms with E-state index in [1.165, 1.54) is 24.3 Å². The smallest absolute Gasteiger partial charge is 0.125 e. The van der Waals surface area contributed by atoms with Crippen LogP contribution < -0.4 is 5.32 Å². The maximum Gasteiger partial charge on any atom is 0.125 e. The van der Waals surface area contributed by atoms with E-state index in [0.29, 0.717) is 6.54 Å². The van der Waals surface area contributed by atoms with Crippen LogP contribution in [0, 0.1) is 11.6 Å². The van der Waals surface area contributed by atoms with Gasteiger partial charge in [0.25, 0.3) is 0 Å². The Hall–Kier alpha value is -2.16. The van der Waals surface area contributed by atoms with E-state index in [2.05, 4.69) is 5.32 Å². The Morgan fingerprint density at radius 3 is 2.33 bits per heavy atom.